The number of hydrogen-bond acceptors (Lipinski definition) is 5. The molecule has 0 saturated carbocycles. The van der Waals surface area contributed by atoms with Crippen molar-refractivity contribution in [3.8, 4) is 6.07 Å². The van der Waals surface area contributed by atoms with Crippen molar-refractivity contribution >= 4 is 11.7 Å². The molecule has 0 spiro atoms. The summed E-state index contributed by atoms with van der Waals surface area (Å²) in [5.74, 6) is 0.586. The summed E-state index contributed by atoms with van der Waals surface area (Å²) < 4.78 is 0. The molecule has 1 saturated heterocycles. The lowest BCUT2D eigenvalue weighted by molar-refractivity contribution is -0.134. The third-order valence-corrected chi connectivity index (χ3v) is 3.71. The molecule has 1 unspecified atom stereocenters. The quantitative estimate of drug-likeness (QED) is 0.888. The van der Waals surface area contributed by atoms with Crippen molar-refractivity contribution in [2.24, 2.45) is 0 Å². The first-order chi connectivity index (χ1) is 9.93. The minimum Gasteiger partial charge on any atom is -0.388 e. The number of anilines is 1. The Morgan fingerprint density at radius 2 is 2.33 bits per heavy atom. The van der Waals surface area contributed by atoms with E-state index >= 15 is 0 Å². The highest BCUT2D eigenvalue weighted by Crippen LogP contribution is 2.28. The number of aliphatic hydroxyl groups is 1. The van der Waals surface area contributed by atoms with Crippen molar-refractivity contribution in [1.82, 2.24) is 9.88 Å². The number of β-amino-alcohol motifs (C(OH)–C–C–N with tert-alkyl or cyclic N) is 1. The molecular weight excluding hydrogens is 268 g/mol. The Kier molecular flexibility index (Phi) is 4.43. The largest absolute Gasteiger partial charge is 0.388 e. The van der Waals surface area contributed by atoms with Crippen molar-refractivity contribution in [2.75, 3.05) is 32.1 Å². The molecule has 2 heterocycles. The Balaban J connectivity index is 2.13. The standard InChI is InChI=1S/C15H20N4O2/c1-18(2)14(20)9-15(21)7-4-8-19(11-15)13-6-3-5-12(10-16)17-13/h3,5-6,21H,4,7-9,11H2,1-2H3. The minimum absolute atomic E-state index is 0.0851. The van der Waals surface area contributed by atoms with Crippen LogP contribution in [0.25, 0.3) is 0 Å². The normalized spacial score (nSPS) is 21.7. The molecule has 1 amide bonds. The van der Waals surface area contributed by atoms with Crippen LogP contribution in [0.1, 0.15) is 25.0 Å². The van der Waals surface area contributed by atoms with E-state index in [1.807, 2.05) is 17.0 Å². The van der Waals surface area contributed by atoms with E-state index in [-0.39, 0.29) is 12.3 Å². The fourth-order valence-corrected chi connectivity index (χ4v) is 2.55. The number of carbonyl (C=O) groups is 1. The van der Waals surface area contributed by atoms with Crippen LogP contribution in [-0.2, 0) is 4.79 Å². The maximum Gasteiger partial charge on any atom is 0.225 e. The van der Waals surface area contributed by atoms with E-state index in [0.717, 1.165) is 13.0 Å². The van der Waals surface area contributed by atoms with Crippen LogP contribution in [0.2, 0.25) is 0 Å². The van der Waals surface area contributed by atoms with Crippen LogP contribution in [-0.4, -0.2) is 53.7 Å². The van der Waals surface area contributed by atoms with Crippen LogP contribution in [0.4, 0.5) is 5.82 Å². The number of aromatic nitrogens is 1. The van der Waals surface area contributed by atoms with Crippen molar-refractivity contribution in [1.29, 1.82) is 5.26 Å². The summed E-state index contributed by atoms with van der Waals surface area (Å²) in [5.41, 5.74) is -0.685. The van der Waals surface area contributed by atoms with Gasteiger partial charge in [0.05, 0.1) is 12.0 Å². The third kappa shape index (κ3) is 3.70. The van der Waals surface area contributed by atoms with Gasteiger partial charge in [0.2, 0.25) is 5.91 Å². The first-order valence-corrected chi connectivity index (χ1v) is 6.98. The molecule has 0 aromatic carbocycles. The summed E-state index contributed by atoms with van der Waals surface area (Å²) in [6.45, 7) is 1.12. The van der Waals surface area contributed by atoms with Crippen LogP contribution in [0, 0.1) is 11.3 Å². The minimum atomic E-state index is -1.04. The van der Waals surface area contributed by atoms with E-state index < -0.39 is 5.60 Å². The highest BCUT2D eigenvalue weighted by Gasteiger charge is 2.36. The molecule has 1 aliphatic rings. The Labute approximate surface area is 124 Å². The van der Waals surface area contributed by atoms with Crippen molar-refractivity contribution in [2.45, 2.75) is 24.9 Å². The number of rotatable bonds is 3. The van der Waals surface area contributed by atoms with Gasteiger partial charge in [-0.2, -0.15) is 5.26 Å². The average molecular weight is 288 g/mol. The molecule has 0 radical (unpaired) electrons. The van der Waals surface area contributed by atoms with Gasteiger partial charge in [-0.3, -0.25) is 4.79 Å². The third-order valence-electron chi connectivity index (χ3n) is 3.71. The summed E-state index contributed by atoms with van der Waals surface area (Å²) >= 11 is 0. The highest BCUT2D eigenvalue weighted by molar-refractivity contribution is 5.76. The molecule has 6 nitrogen and oxygen atoms in total. The lowest BCUT2D eigenvalue weighted by atomic mass is 9.89. The molecule has 2 rings (SSSR count). The van der Waals surface area contributed by atoms with Crippen molar-refractivity contribution in [3.05, 3.63) is 23.9 Å². The molecule has 0 bridgehead atoms. The van der Waals surface area contributed by atoms with Crippen molar-refractivity contribution < 1.29 is 9.90 Å². The number of nitriles is 1. The predicted molar refractivity (Wildman–Crippen MR) is 78.7 cm³/mol. The fourth-order valence-electron chi connectivity index (χ4n) is 2.55. The van der Waals surface area contributed by atoms with Crippen LogP contribution in [0.3, 0.4) is 0 Å². The molecule has 1 aromatic rings. The number of hydrogen-bond donors (Lipinski definition) is 1. The molecule has 1 fully saturated rings. The molecule has 112 valence electrons. The molecule has 21 heavy (non-hydrogen) atoms. The number of piperidine rings is 1. The maximum atomic E-state index is 11.8. The molecular formula is C15H20N4O2. The summed E-state index contributed by atoms with van der Waals surface area (Å²) in [6, 6.07) is 7.26. The van der Waals surface area contributed by atoms with Gasteiger partial charge in [-0.15, -0.1) is 0 Å². The Morgan fingerprint density at radius 1 is 1.57 bits per heavy atom. The van der Waals surface area contributed by atoms with Gasteiger partial charge in [0, 0.05) is 27.2 Å². The molecule has 1 atom stereocenters. The number of amides is 1. The van der Waals surface area contributed by atoms with E-state index in [1.165, 1.54) is 4.90 Å². The van der Waals surface area contributed by atoms with Gasteiger partial charge in [0.15, 0.2) is 0 Å². The lowest BCUT2D eigenvalue weighted by Gasteiger charge is -2.39. The summed E-state index contributed by atoms with van der Waals surface area (Å²) in [7, 11) is 3.37. The van der Waals surface area contributed by atoms with E-state index in [9.17, 15) is 9.90 Å². The topological polar surface area (TPSA) is 80.5 Å². The second kappa shape index (κ2) is 6.10. The molecule has 1 N–H and O–H groups in total. The SMILES string of the molecule is CN(C)C(=O)CC1(O)CCCN(c2cccc(C#N)n2)C1. The fraction of sp³-hybridized carbons (Fsp3) is 0.533. The maximum absolute atomic E-state index is 11.8. The van der Waals surface area contributed by atoms with Crippen molar-refractivity contribution in [3.63, 3.8) is 0 Å². The monoisotopic (exact) mass is 288 g/mol. The highest BCUT2D eigenvalue weighted by atomic mass is 16.3. The van der Waals surface area contributed by atoms with Crippen LogP contribution < -0.4 is 4.90 Å². The molecule has 0 aliphatic carbocycles. The second-order valence-electron chi connectivity index (χ2n) is 5.71. The number of carbonyl (C=O) groups excluding carboxylic acids is 1. The molecule has 1 aliphatic heterocycles. The smallest absolute Gasteiger partial charge is 0.225 e. The predicted octanol–water partition coefficient (Wildman–Crippen LogP) is 0.763. The van der Waals surface area contributed by atoms with Crippen LogP contribution in [0.5, 0.6) is 0 Å². The first kappa shape index (κ1) is 15.3. The number of nitrogens with zero attached hydrogens (tertiary/aromatic N) is 4. The summed E-state index contributed by atoms with van der Waals surface area (Å²) in [5, 5.41) is 19.6. The second-order valence-corrected chi connectivity index (χ2v) is 5.71. The summed E-state index contributed by atoms with van der Waals surface area (Å²) in [4.78, 5) is 19.5. The lowest BCUT2D eigenvalue weighted by Crippen LogP contribution is -2.50. The molecule has 1 aromatic heterocycles. The average Bonchev–Trinajstić information content (AvgIpc) is 2.46. The first-order valence-electron chi connectivity index (χ1n) is 6.98. The van der Waals surface area contributed by atoms with E-state index in [2.05, 4.69) is 4.98 Å². The van der Waals surface area contributed by atoms with Gasteiger partial charge in [-0.05, 0) is 25.0 Å². The van der Waals surface area contributed by atoms with Gasteiger partial charge in [-0.25, -0.2) is 4.98 Å². The van der Waals surface area contributed by atoms with Gasteiger partial charge in [0.1, 0.15) is 17.6 Å². The van der Waals surface area contributed by atoms with Crippen LogP contribution >= 0.6 is 0 Å². The Morgan fingerprint density at radius 3 is 3.00 bits per heavy atom. The van der Waals surface area contributed by atoms with E-state index in [4.69, 9.17) is 5.26 Å². The zero-order chi connectivity index (χ0) is 15.5. The van der Waals surface area contributed by atoms with Gasteiger partial charge < -0.3 is 14.9 Å². The Hall–Kier alpha value is -2.13. The Bertz CT molecular complexity index is 567. The van der Waals surface area contributed by atoms with Gasteiger partial charge in [-0.1, -0.05) is 6.07 Å². The zero-order valence-electron chi connectivity index (χ0n) is 12.4. The number of pyridine rings is 1. The van der Waals surface area contributed by atoms with Gasteiger partial charge >= 0.3 is 0 Å². The zero-order valence-corrected chi connectivity index (χ0v) is 12.4. The summed E-state index contributed by atoms with van der Waals surface area (Å²) in [6.07, 6.45) is 1.49. The van der Waals surface area contributed by atoms with Gasteiger partial charge in [0.25, 0.3) is 0 Å². The van der Waals surface area contributed by atoms with E-state index in [0.29, 0.717) is 24.5 Å². The molecule has 6 heteroatoms. The van der Waals surface area contributed by atoms with E-state index in [1.54, 1.807) is 26.2 Å². The van der Waals surface area contributed by atoms with Crippen LogP contribution in [0.15, 0.2) is 18.2 Å².